The maximum Gasteiger partial charge on any atom is 0.229 e. The molecule has 10 nitrogen and oxygen atoms in total. The molecule has 0 saturated heterocycles. The van der Waals surface area contributed by atoms with Crippen molar-refractivity contribution in [1.82, 2.24) is 22.8 Å². The standard InChI is InChI=1S/C31H28FN2.C31H36FN2.C25H32FN2.2C22H26FN2/c1-21-18-28(33(4)20-23(21)3)30-22(2)19-29(32)34(30)31-26(24-12-7-5-8-13-24)16-11-17-27(31)25-14-9-6-10-15-25;1-19(2)26-16-25(24-12-10-9-11-13-24)17-27(20(3)4)31(26)34-29(32)15-22(6)30(34)28-14-21(5)23(7)18-33(28)8;1-15(2)20-10-9-11-21(16(3)4)25(20)28-23(26)13-18(6)24(28)22-12-17(5)19(7)14-27(22)8;1-13-8-15(3)21(16(4)9-13)25-20(23)11-17(5)22(25)19-10-14(2)18(6)12-24(19)7;1-14(2)18-9-7-8-10-19(18)25-21(23)12-16(4)22(25)20-11-15(3)17(5)13-24(20)6/h5-20H,1-4H3;9-20H,1-8H3;9-16H,1-8H3;8-12H,1-7H3;7-14H,1-6H3/q5*+1. The van der Waals surface area contributed by atoms with Crippen molar-refractivity contribution in [2.24, 2.45) is 35.2 Å². The molecule has 0 atom stereocenters. The first-order valence-electron chi connectivity index (χ1n) is 51.2. The zero-order chi connectivity index (χ0) is 106. The maximum atomic E-state index is 15.9. The summed E-state index contributed by atoms with van der Waals surface area (Å²) >= 11 is 0. The number of aromatic nitrogens is 10. The minimum Gasteiger partial charge on any atom is -0.280 e. The van der Waals surface area contributed by atoms with E-state index in [2.05, 4.69) is 345 Å². The van der Waals surface area contributed by atoms with Crippen molar-refractivity contribution in [2.45, 2.75) is 223 Å². The number of halogens is 5. The average molecular weight is 1960 g/mol. The zero-order valence-corrected chi connectivity index (χ0v) is 92.2. The van der Waals surface area contributed by atoms with Crippen LogP contribution in [0.25, 0.3) is 119 Å². The van der Waals surface area contributed by atoms with Crippen LogP contribution in [0.2, 0.25) is 0 Å². The van der Waals surface area contributed by atoms with Crippen molar-refractivity contribution < 1.29 is 44.8 Å². The van der Waals surface area contributed by atoms with Gasteiger partial charge in [0, 0.05) is 69.3 Å². The molecule has 752 valence electrons. The molecular formula is C131H148F5N10+5. The summed E-state index contributed by atoms with van der Waals surface area (Å²) in [5.41, 5.74) is 46.7. The Balaban J connectivity index is 0.000000145. The first-order chi connectivity index (χ1) is 69.2. The first kappa shape index (κ1) is 107. The van der Waals surface area contributed by atoms with Gasteiger partial charge in [-0.15, -0.1) is 0 Å². The van der Waals surface area contributed by atoms with E-state index in [1.165, 1.54) is 83.5 Å². The van der Waals surface area contributed by atoms with Gasteiger partial charge >= 0.3 is 0 Å². The number of aryl methyl sites for hydroxylation is 23. The number of hydrogen-bond donors (Lipinski definition) is 0. The van der Waals surface area contributed by atoms with Crippen molar-refractivity contribution in [3.05, 3.63) is 425 Å². The molecule has 18 aromatic rings. The predicted octanol–water partition coefficient (Wildman–Crippen LogP) is 31.7. The number of benzene rings is 8. The van der Waals surface area contributed by atoms with Gasteiger partial charge < -0.3 is 0 Å². The molecule has 0 aliphatic heterocycles. The lowest BCUT2D eigenvalue weighted by Crippen LogP contribution is -2.32. The van der Waals surface area contributed by atoms with Crippen LogP contribution in [0.5, 0.6) is 0 Å². The molecule has 0 unspecified atom stereocenters. The topological polar surface area (TPSA) is 44.0 Å². The Morgan fingerprint density at radius 1 is 0.192 bits per heavy atom. The van der Waals surface area contributed by atoms with Crippen LogP contribution in [0.15, 0.2) is 268 Å². The van der Waals surface area contributed by atoms with E-state index in [1.54, 1.807) is 44.0 Å². The molecule has 0 saturated carbocycles. The summed E-state index contributed by atoms with van der Waals surface area (Å²) in [5, 5.41) is 0. The largest absolute Gasteiger partial charge is 0.280 e. The van der Waals surface area contributed by atoms with E-state index >= 15 is 13.2 Å². The molecule has 10 heterocycles. The Hall–Kier alpha value is -14.4. The minimum absolute atomic E-state index is 0.208. The van der Waals surface area contributed by atoms with Crippen molar-refractivity contribution in [1.29, 1.82) is 0 Å². The quantitative estimate of drug-likeness (QED) is 0.0607. The van der Waals surface area contributed by atoms with Gasteiger partial charge in [-0.3, -0.25) is 22.8 Å². The van der Waals surface area contributed by atoms with Crippen molar-refractivity contribution in [3.63, 3.8) is 0 Å². The molecule has 0 aliphatic carbocycles. The molecule has 0 aliphatic rings. The summed E-state index contributed by atoms with van der Waals surface area (Å²) in [5.74, 6) is 0.252. The number of hydrogen-bond acceptors (Lipinski definition) is 0. The fourth-order valence-corrected chi connectivity index (χ4v) is 20.8. The van der Waals surface area contributed by atoms with Crippen LogP contribution in [0.3, 0.4) is 0 Å². The molecule has 0 radical (unpaired) electrons. The van der Waals surface area contributed by atoms with Gasteiger partial charge in [0.25, 0.3) is 0 Å². The van der Waals surface area contributed by atoms with Crippen LogP contribution < -0.4 is 22.8 Å². The monoisotopic (exact) mass is 1960 g/mol. The summed E-state index contributed by atoms with van der Waals surface area (Å²) in [6.45, 7) is 58.9. The highest BCUT2D eigenvalue weighted by Gasteiger charge is 2.35. The highest BCUT2D eigenvalue weighted by atomic mass is 19.1. The van der Waals surface area contributed by atoms with Crippen LogP contribution in [0.4, 0.5) is 22.0 Å². The third-order valence-electron chi connectivity index (χ3n) is 29.1. The minimum atomic E-state index is -0.272. The first-order valence-corrected chi connectivity index (χ1v) is 51.2. The molecule has 18 rings (SSSR count). The highest BCUT2D eigenvalue weighted by molar-refractivity contribution is 5.87. The maximum absolute atomic E-state index is 15.9. The summed E-state index contributed by atoms with van der Waals surface area (Å²) in [6.07, 6.45) is 10.6. The molecule has 0 N–H and O–H groups in total. The summed E-state index contributed by atoms with van der Waals surface area (Å²) < 4.78 is 96.5. The molecule has 0 amide bonds. The van der Waals surface area contributed by atoms with E-state index < -0.39 is 0 Å². The second-order valence-corrected chi connectivity index (χ2v) is 42.0. The van der Waals surface area contributed by atoms with Gasteiger partial charge in [0.2, 0.25) is 28.5 Å². The Bertz CT molecular complexity index is 7760. The third kappa shape index (κ3) is 21.9. The van der Waals surface area contributed by atoms with Crippen LogP contribution in [0.1, 0.15) is 227 Å². The molecule has 8 aromatic carbocycles. The van der Waals surface area contributed by atoms with E-state index in [0.29, 0.717) is 17.8 Å². The van der Waals surface area contributed by atoms with Gasteiger partial charge in [-0.1, -0.05) is 233 Å². The molecule has 15 heteroatoms. The smallest absolute Gasteiger partial charge is 0.229 e. The van der Waals surface area contributed by atoms with E-state index in [1.807, 2.05) is 154 Å². The molecule has 146 heavy (non-hydrogen) atoms. The fourth-order valence-electron chi connectivity index (χ4n) is 20.8. The summed E-state index contributed by atoms with van der Waals surface area (Å²) in [4.78, 5) is 0. The number of para-hydroxylation sites is 3. The van der Waals surface area contributed by atoms with E-state index in [9.17, 15) is 8.78 Å². The lowest BCUT2D eigenvalue weighted by molar-refractivity contribution is -0.661. The Kier molecular flexibility index (Phi) is 32.8. The third-order valence-corrected chi connectivity index (χ3v) is 29.1. The molecular weight excluding hydrogens is 1810 g/mol. The number of rotatable bonds is 18. The van der Waals surface area contributed by atoms with E-state index in [-0.39, 0.29) is 41.6 Å². The SMILES string of the molecule is Cc1cc(-c2c(C)cc(F)n2-c2c(-c3ccccc3)cccc2-c2ccccc2)[n+](C)cc1C.Cc1cc(-c2c(C)cc(F)n2-c2c(C(C)C)cc(-c3ccccc3)cc2C(C)C)[n+](C)cc1C.Cc1cc(-c2c(C)cc(F)n2-c2c(C(C)C)cccc2C(C)C)[n+](C)cc1C.Cc1cc(-c2c(C)cc(F)n2-c2ccccc2C(C)C)[n+](C)cc1C.Cc1cc(C)c(-n2c(F)cc(C)c2-c2cc(C)c(C)c[n+]2C)c(C)c1. The van der Waals surface area contributed by atoms with Crippen molar-refractivity contribution in [2.75, 3.05) is 0 Å². The van der Waals surface area contributed by atoms with Crippen LogP contribution >= 0.6 is 0 Å². The second-order valence-electron chi connectivity index (χ2n) is 42.0. The van der Waals surface area contributed by atoms with Gasteiger partial charge in [0.1, 0.15) is 63.7 Å². The predicted molar refractivity (Wildman–Crippen MR) is 594 cm³/mol. The van der Waals surface area contributed by atoms with Gasteiger partial charge in [-0.2, -0.15) is 44.8 Å². The van der Waals surface area contributed by atoms with Crippen LogP contribution in [-0.2, 0) is 35.2 Å². The fraction of sp³-hybridized carbons (Fsp3) is 0.290. The Morgan fingerprint density at radius 2 is 0.432 bits per heavy atom. The van der Waals surface area contributed by atoms with Crippen LogP contribution in [-0.4, -0.2) is 22.8 Å². The highest BCUT2D eigenvalue weighted by Crippen LogP contribution is 2.46. The summed E-state index contributed by atoms with van der Waals surface area (Å²) in [7, 11) is 10.1. The van der Waals surface area contributed by atoms with Crippen molar-refractivity contribution >= 4 is 0 Å². The van der Waals surface area contributed by atoms with Gasteiger partial charge in [-0.05, 0) is 320 Å². The molecule has 0 spiro atoms. The lowest BCUT2D eigenvalue weighted by atomic mass is 9.88. The average Bonchev–Trinajstić information content (AvgIpc) is 1.64. The molecule has 10 aromatic heterocycles. The van der Waals surface area contributed by atoms with Gasteiger partial charge in [0.05, 0.1) is 28.4 Å². The normalized spacial score (nSPS) is 11.4. The van der Waals surface area contributed by atoms with Gasteiger partial charge in [-0.25, -0.2) is 0 Å². The van der Waals surface area contributed by atoms with Gasteiger partial charge in [0.15, 0.2) is 60.7 Å². The lowest BCUT2D eigenvalue weighted by Gasteiger charge is -2.24. The molecule has 0 fully saturated rings. The number of pyridine rings is 5. The zero-order valence-electron chi connectivity index (χ0n) is 92.2. The Labute approximate surface area is 864 Å². The van der Waals surface area contributed by atoms with E-state index in [0.717, 1.165) is 163 Å². The number of nitrogens with zero attached hydrogens (tertiary/aromatic N) is 10. The molecule has 0 bridgehead atoms. The van der Waals surface area contributed by atoms with E-state index in [4.69, 9.17) is 0 Å². The summed E-state index contributed by atoms with van der Waals surface area (Å²) in [6, 6.07) is 79.3. The van der Waals surface area contributed by atoms with Crippen molar-refractivity contribution in [3.8, 4) is 119 Å². The van der Waals surface area contributed by atoms with Crippen LogP contribution in [0, 0.1) is 154 Å². The Morgan fingerprint density at radius 3 is 0.733 bits per heavy atom. The second kappa shape index (κ2) is 44.6.